The molecule has 33 heavy (non-hydrogen) atoms. The number of benzene rings is 2. The van der Waals surface area contributed by atoms with E-state index in [-0.39, 0.29) is 17.3 Å². The molecule has 2 aliphatic rings. The molecule has 5 rings (SSSR count). The number of rotatable bonds is 5. The third kappa shape index (κ3) is 4.25. The van der Waals surface area contributed by atoms with Crippen molar-refractivity contribution in [2.45, 2.75) is 36.4 Å². The summed E-state index contributed by atoms with van der Waals surface area (Å²) < 4.78 is 24.5. The summed E-state index contributed by atoms with van der Waals surface area (Å²) in [5, 5.41) is 2.94. The zero-order chi connectivity index (χ0) is 23.2. The average molecular weight is 485 g/mol. The van der Waals surface area contributed by atoms with Gasteiger partial charge in [-0.05, 0) is 48.2 Å². The van der Waals surface area contributed by atoms with Gasteiger partial charge in [-0.25, -0.2) is 18.2 Å². The highest BCUT2D eigenvalue weighted by Crippen LogP contribution is 2.31. The Kier molecular flexibility index (Phi) is 5.46. The van der Waals surface area contributed by atoms with Gasteiger partial charge in [-0.1, -0.05) is 18.2 Å². The molecule has 2 aromatic carbocycles. The molecule has 1 aromatic heterocycles. The van der Waals surface area contributed by atoms with Gasteiger partial charge in [0, 0.05) is 25.9 Å². The van der Waals surface area contributed by atoms with Crippen molar-refractivity contribution in [3.63, 3.8) is 0 Å². The fourth-order valence-electron chi connectivity index (χ4n) is 4.54. The van der Waals surface area contributed by atoms with E-state index in [4.69, 9.17) is 0 Å². The average Bonchev–Trinajstić information content (AvgIpc) is 3.33. The molecule has 2 saturated heterocycles. The van der Waals surface area contributed by atoms with E-state index >= 15 is 0 Å². The Morgan fingerprint density at radius 3 is 2.42 bits per heavy atom. The van der Waals surface area contributed by atoms with Crippen LogP contribution in [0.3, 0.4) is 0 Å². The minimum atomic E-state index is -3.29. The number of piperidine rings is 1. The molecule has 8 nitrogen and oxygen atoms in total. The van der Waals surface area contributed by atoms with Crippen molar-refractivity contribution in [1.82, 2.24) is 20.1 Å². The number of hydrogen-bond donors (Lipinski definition) is 1. The number of nitrogens with one attached hydrogen (secondary N) is 1. The van der Waals surface area contributed by atoms with Crippen molar-refractivity contribution in [3.05, 3.63) is 59.1 Å². The van der Waals surface area contributed by atoms with Crippen molar-refractivity contribution < 1.29 is 18.0 Å². The lowest BCUT2D eigenvalue weighted by molar-refractivity contribution is -0.133. The van der Waals surface area contributed by atoms with Crippen molar-refractivity contribution in [3.8, 4) is 0 Å². The number of imide groups is 1. The highest BCUT2D eigenvalue weighted by atomic mass is 32.2. The highest BCUT2D eigenvalue weighted by molar-refractivity contribution is 7.90. The van der Waals surface area contributed by atoms with Crippen LogP contribution < -0.4 is 5.32 Å². The van der Waals surface area contributed by atoms with Crippen molar-refractivity contribution in [2.75, 3.05) is 19.3 Å². The number of amides is 3. The molecule has 0 radical (unpaired) electrons. The second kappa shape index (κ2) is 8.19. The van der Waals surface area contributed by atoms with Crippen LogP contribution in [0.15, 0.2) is 52.9 Å². The van der Waals surface area contributed by atoms with Crippen LogP contribution >= 0.6 is 11.3 Å². The molecular weight excluding hydrogens is 460 g/mol. The van der Waals surface area contributed by atoms with Gasteiger partial charge >= 0.3 is 6.03 Å². The molecule has 0 saturated carbocycles. The number of sulfone groups is 1. The Balaban J connectivity index is 1.23. The Morgan fingerprint density at radius 1 is 1.03 bits per heavy atom. The maximum Gasteiger partial charge on any atom is 0.325 e. The molecule has 0 atom stereocenters. The lowest BCUT2D eigenvalue weighted by Gasteiger charge is -2.37. The molecule has 3 aromatic rings. The zero-order valence-electron chi connectivity index (χ0n) is 18.2. The first-order valence-electron chi connectivity index (χ1n) is 10.7. The summed E-state index contributed by atoms with van der Waals surface area (Å²) in [4.78, 5) is 34.0. The highest BCUT2D eigenvalue weighted by Gasteiger charge is 2.52. The SMILES string of the molecule is CS(=O)(=O)c1ccc(CN2C(=O)NC3(CCN(Cc4ccc5scnc5c4)CC3)C2=O)cc1. The van der Waals surface area contributed by atoms with Crippen molar-refractivity contribution in [2.24, 2.45) is 0 Å². The van der Waals surface area contributed by atoms with Crippen LogP contribution in [0.1, 0.15) is 24.0 Å². The van der Waals surface area contributed by atoms with Crippen LogP contribution in [0.4, 0.5) is 4.79 Å². The standard InChI is InChI=1S/C23H24N4O4S2/c1-33(30,31)18-5-2-16(3-6-18)14-27-21(28)23(25-22(27)29)8-10-26(11-9-23)13-17-4-7-20-19(12-17)24-15-32-20/h2-7,12,15H,8-11,13-14H2,1H3,(H,25,29). The Morgan fingerprint density at radius 2 is 1.73 bits per heavy atom. The first-order chi connectivity index (χ1) is 15.7. The molecule has 0 aliphatic carbocycles. The quantitative estimate of drug-likeness (QED) is 0.559. The smallest absolute Gasteiger partial charge is 0.323 e. The number of carbonyl (C=O) groups excluding carboxylic acids is 2. The minimum absolute atomic E-state index is 0.119. The van der Waals surface area contributed by atoms with Crippen LogP contribution in [-0.2, 0) is 27.7 Å². The molecule has 2 fully saturated rings. The summed E-state index contributed by atoms with van der Waals surface area (Å²) in [6.45, 7) is 2.31. The predicted octanol–water partition coefficient (Wildman–Crippen LogP) is 2.79. The van der Waals surface area contributed by atoms with Gasteiger partial charge in [-0.3, -0.25) is 14.6 Å². The number of carbonyl (C=O) groups is 2. The van der Waals surface area contributed by atoms with E-state index < -0.39 is 21.4 Å². The molecule has 2 aliphatic heterocycles. The van der Waals surface area contributed by atoms with E-state index in [0.717, 1.165) is 18.3 Å². The summed E-state index contributed by atoms with van der Waals surface area (Å²) in [6.07, 6.45) is 2.26. The number of nitrogens with zero attached hydrogens (tertiary/aromatic N) is 3. The normalized spacial score (nSPS) is 18.9. The summed E-state index contributed by atoms with van der Waals surface area (Å²) in [5.41, 5.74) is 3.88. The lowest BCUT2D eigenvalue weighted by Crippen LogP contribution is -2.54. The third-order valence-corrected chi connectivity index (χ3v) is 8.39. The fraction of sp³-hybridized carbons (Fsp3) is 0.348. The fourth-order valence-corrected chi connectivity index (χ4v) is 5.83. The topological polar surface area (TPSA) is 99.7 Å². The summed E-state index contributed by atoms with van der Waals surface area (Å²) in [5.74, 6) is -0.205. The van der Waals surface area contributed by atoms with Gasteiger partial charge in [0.2, 0.25) is 0 Å². The number of thiazole rings is 1. The summed E-state index contributed by atoms with van der Waals surface area (Å²) in [7, 11) is -3.29. The molecule has 172 valence electrons. The Hall–Kier alpha value is -2.82. The van der Waals surface area contributed by atoms with Gasteiger partial charge in [-0.2, -0.15) is 0 Å². The van der Waals surface area contributed by atoms with E-state index in [2.05, 4.69) is 33.4 Å². The van der Waals surface area contributed by atoms with E-state index in [1.54, 1.807) is 23.5 Å². The molecule has 3 amide bonds. The van der Waals surface area contributed by atoms with Gasteiger partial charge in [-0.15, -0.1) is 11.3 Å². The Labute approximate surface area is 196 Å². The number of urea groups is 1. The second-order valence-electron chi connectivity index (χ2n) is 8.75. The first kappa shape index (κ1) is 22.0. The van der Waals surface area contributed by atoms with E-state index in [1.807, 2.05) is 5.51 Å². The number of aromatic nitrogens is 1. The summed E-state index contributed by atoms with van der Waals surface area (Å²) >= 11 is 1.62. The van der Waals surface area contributed by atoms with E-state index in [1.165, 1.54) is 27.3 Å². The van der Waals surface area contributed by atoms with Crippen molar-refractivity contribution in [1.29, 1.82) is 0 Å². The van der Waals surface area contributed by atoms with Crippen LogP contribution in [0, 0.1) is 0 Å². The molecule has 0 bridgehead atoms. The van der Waals surface area contributed by atoms with Crippen molar-refractivity contribution >= 4 is 43.3 Å². The monoisotopic (exact) mass is 484 g/mol. The zero-order valence-corrected chi connectivity index (χ0v) is 19.8. The van der Waals surface area contributed by atoms with Crippen LogP contribution in [-0.4, -0.2) is 60.0 Å². The van der Waals surface area contributed by atoms with Crippen LogP contribution in [0.5, 0.6) is 0 Å². The van der Waals surface area contributed by atoms with Gasteiger partial charge < -0.3 is 5.32 Å². The van der Waals surface area contributed by atoms with Crippen LogP contribution in [0.25, 0.3) is 10.2 Å². The maximum atomic E-state index is 13.2. The van der Waals surface area contributed by atoms with Gasteiger partial charge in [0.05, 0.1) is 27.2 Å². The van der Waals surface area contributed by atoms with Gasteiger partial charge in [0.1, 0.15) is 5.54 Å². The first-order valence-corrected chi connectivity index (χ1v) is 13.5. The minimum Gasteiger partial charge on any atom is -0.323 e. The van der Waals surface area contributed by atoms with E-state index in [0.29, 0.717) is 31.5 Å². The van der Waals surface area contributed by atoms with Gasteiger partial charge in [0.25, 0.3) is 5.91 Å². The number of fused-ring (bicyclic) bond motifs is 1. The largest absolute Gasteiger partial charge is 0.325 e. The van der Waals surface area contributed by atoms with E-state index in [9.17, 15) is 18.0 Å². The molecule has 1 N–H and O–H groups in total. The lowest BCUT2D eigenvalue weighted by atomic mass is 9.87. The second-order valence-corrected chi connectivity index (χ2v) is 11.7. The van der Waals surface area contributed by atoms with Crippen LogP contribution in [0.2, 0.25) is 0 Å². The molecule has 10 heteroatoms. The molecule has 3 heterocycles. The summed E-state index contributed by atoms with van der Waals surface area (Å²) in [6, 6.07) is 12.2. The number of likely N-dealkylation sites (tertiary alicyclic amines) is 1. The van der Waals surface area contributed by atoms with Gasteiger partial charge in [0.15, 0.2) is 9.84 Å². The Bertz CT molecular complexity index is 1330. The maximum absolute atomic E-state index is 13.2. The number of hydrogen-bond acceptors (Lipinski definition) is 7. The molecular formula is C23H24N4O4S2. The third-order valence-electron chi connectivity index (χ3n) is 6.45. The molecule has 1 spiro atoms. The molecule has 0 unspecified atom stereocenters. The predicted molar refractivity (Wildman–Crippen MR) is 125 cm³/mol.